The summed E-state index contributed by atoms with van der Waals surface area (Å²) in [4.78, 5) is 34.2. The molecule has 0 aromatic heterocycles. The van der Waals surface area contributed by atoms with E-state index in [0.29, 0.717) is 16.7 Å². The summed E-state index contributed by atoms with van der Waals surface area (Å²) in [6, 6.07) is 12.9. The molecular weight excluding hydrogens is 350 g/mol. The number of nitriles is 1. The monoisotopic (exact) mass is 367 g/mol. The molecule has 8 nitrogen and oxygen atoms in total. The number of hydrogen-bond donors (Lipinski definition) is 2. The number of Topliss-reactive ketones (excluding diaryl/α,β-unsaturated/α-hetero) is 1. The van der Waals surface area contributed by atoms with Crippen LogP contribution in [0.15, 0.2) is 48.5 Å². The van der Waals surface area contributed by atoms with E-state index in [4.69, 9.17) is 11.0 Å². The predicted octanol–water partition coefficient (Wildman–Crippen LogP) is 1.85. The maximum atomic E-state index is 12.5. The average molecular weight is 367 g/mol. The van der Waals surface area contributed by atoms with Crippen LogP contribution in [0.2, 0.25) is 0 Å². The van der Waals surface area contributed by atoms with Crippen molar-refractivity contribution >= 4 is 17.4 Å². The molecule has 0 bridgehead atoms. The molecule has 0 aliphatic rings. The van der Waals surface area contributed by atoms with Gasteiger partial charge in [0, 0.05) is 12.1 Å². The van der Waals surface area contributed by atoms with Gasteiger partial charge in [-0.25, -0.2) is 0 Å². The van der Waals surface area contributed by atoms with E-state index >= 15 is 0 Å². The average Bonchev–Trinajstić information content (AvgIpc) is 2.66. The van der Waals surface area contributed by atoms with E-state index < -0.39 is 28.6 Å². The Hall–Kier alpha value is -3.57. The zero-order valence-electron chi connectivity index (χ0n) is 14.2. The molecular formula is C19H17N3O5. The fraction of sp³-hybridized carbons (Fsp3) is 0.211. The van der Waals surface area contributed by atoms with Crippen molar-refractivity contribution in [3.63, 3.8) is 0 Å². The van der Waals surface area contributed by atoms with Gasteiger partial charge in [0.05, 0.1) is 22.6 Å². The largest absolute Gasteiger partial charge is 0.481 e. The van der Waals surface area contributed by atoms with E-state index in [1.54, 1.807) is 24.3 Å². The van der Waals surface area contributed by atoms with Crippen molar-refractivity contribution in [3.05, 3.63) is 75.3 Å². The van der Waals surface area contributed by atoms with Crippen molar-refractivity contribution in [2.75, 3.05) is 0 Å². The van der Waals surface area contributed by atoms with E-state index in [-0.39, 0.29) is 18.5 Å². The molecule has 0 fully saturated rings. The molecule has 0 amide bonds. The molecule has 2 atom stereocenters. The Bertz CT molecular complexity index is 885. The molecule has 0 spiro atoms. The third-order valence-corrected chi connectivity index (χ3v) is 4.13. The first-order valence-corrected chi connectivity index (χ1v) is 8.06. The normalized spacial score (nSPS) is 12.6. The van der Waals surface area contributed by atoms with Gasteiger partial charge in [-0.1, -0.05) is 24.3 Å². The van der Waals surface area contributed by atoms with Crippen molar-refractivity contribution in [2.45, 2.75) is 18.9 Å². The molecule has 2 aromatic carbocycles. The molecule has 0 radical (unpaired) electrons. The van der Waals surface area contributed by atoms with E-state index in [1.807, 2.05) is 6.07 Å². The maximum Gasteiger partial charge on any atom is 0.314 e. The summed E-state index contributed by atoms with van der Waals surface area (Å²) in [5, 5.41) is 28.9. The van der Waals surface area contributed by atoms with Crippen LogP contribution in [0.4, 0.5) is 5.69 Å². The van der Waals surface area contributed by atoms with Gasteiger partial charge in [-0.3, -0.25) is 19.7 Å². The Kier molecular flexibility index (Phi) is 6.36. The number of hydrogen-bond acceptors (Lipinski definition) is 6. The van der Waals surface area contributed by atoms with Gasteiger partial charge in [0.15, 0.2) is 5.78 Å². The molecule has 0 aliphatic carbocycles. The first-order valence-electron chi connectivity index (χ1n) is 8.06. The van der Waals surface area contributed by atoms with Gasteiger partial charge in [0.25, 0.3) is 5.69 Å². The van der Waals surface area contributed by atoms with Gasteiger partial charge in [0.1, 0.15) is 5.92 Å². The number of carboxylic acids is 1. The van der Waals surface area contributed by atoms with Gasteiger partial charge < -0.3 is 10.8 Å². The zero-order chi connectivity index (χ0) is 20.0. The molecule has 2 rings (SSSR count). The molecule has 0 aliphatic heterocycles. The Balaban J connectivity index is 2.09. The maximum absolute atomic E-state index is 12.5. The van der Waals surface area contributed by atoms with E-state index in [2.05, 4.69) is 0 Å². The third kappa shape index (κ3) is 5.20. The van der Waals surface area contributed by atoms with Crippen molar-refractivity contribution < 1.29 is 19.6 Å². The number of carboxylic acid groups (broad SMARTS) is 1. The fourth-order valence-electron chi connectivity index (χ4n) is 2.63. The minimum absolute atomic E-state index is 0.104. The summed E-state index contributed by atoms with van der Waals surface area (Å²) < 4.78 is 0. The summed E-state index contributed by atoms with van der Waals surface area (Å²) >= 11 is 0. The van der Waals surface area contributed by atoms with Crippen LogP contribution in [0.3, 0.4) is 0 Å². The third-order valence-electron chi connectivity index (χ3n) is 4.13. The quantitative estimate of drug-likeness (QED) is 0.411. The highest BCUT2D eigenvalue weighted by atomic mass is 16.6. The number of non-ortho nitro benzene ring substituents is 1. The highest BCUT2D eigenvalue weighted by molar-refractivity contribution is 6.01. The Labute approximate surface area is 155 Å². The molecule has 27 heavy (non-hydrogen) atoms. The number of nitrogens with two attached hydrogens (primary N) is 1. The Morgan fingerprint density at radius 1 is 1.07 bits per heavy atom. The first kappa shape index (κ1) is 19.8. The second kappa shape index (κ2) is 8.69. The van der Waals surface area contributed by atoms with Gasteiger partial charge in [0.2, 0.25) is 0 Å². The molecule has 0 saturated carbocycles. The van der Waals surface area contributed by atoms with Crippen molar-refractivity contribution in [1.82, 2.24) is 0 Å². The minimum atomic E-state index is -1.35. The minimum Gasteiger partial charge on any atom is -0.481 e. The standard InChI is InChI=1S/C19H17N3O5/c20-11-14-3-1-13(2-4-14)10-17(21)18(23)16(19(24)25)9-12-5-7-15(8-6-12)22(26)27/h1-8,16-17H,9-10,21H2,(H,24,25)/t16?,17-/m0/s1. The van der Waals surface area contributed by atoms with Gasteiger partial charge in [-0.15, -0.1) is 0 Å². The number of ketones is 1. The van der Waals surface area contributed by atoms with E-state index in [9.17, 15) is 24.8 Å². The Morgan fingerprint density at radius 3 is 2.07 bits per heavy atom. The molecule has 8 heteroatoms. The number of carbonyl (C=O) groups is 2. The number of nitro groups is 1. The van der Waals surface area contributed by atoms with Crippen LogP contribution in [0.25, 0.3) is 0 Å². The van der Waals surface area contributed by atoms with Crippen molar-refractivity contribution in [1.29, 1.82) is 5.26 Å². The van der Waals surface area contributed by atoms with Crippen LogP contribution >= 0.6 is 0 Å². The second-order valence-corrected chi connectivity index (χ2v) is 6.04. The number of carbonyl (C=O) groups excluding carboxylic acids is 1. The summed E-state index contributed by atoms with van der Waals surface area (Å²) in [5.41, 5.74) is 7.47. The van der Waals surface area contributed by atoms with E-state index in [0.717, 1.165) is 0 Å². The summed E-state index contributed by atoms with van der Waals surface area (Å²) in [6.45, 7) is 0. The molecule has 1 unspecified atom stereocenters. The van der Waals surface area contributed by atoms with Crippen LogP contribution < -0.4 is 5.73 Å². The highest BCUT2D eigenvalue weighted by Crippen LogP contribution is 2.17. The van der Waals surface area contributed by atoms with Gasteiger partial charge in [-0.05, 0) is 36.1 Å². The summed E-state index contributed by atoms with van der Waals surface area (Å²) in [5.74, 6) is -3.27. The predicted molar refractivity (Wildman–Crippen MR) is 95.8 cm³/mol. The number of rotatable bonds is 8. The van der Waals surface area contributed by atoms with Crippen molar-refractivity contribution in [2.24, 2.45) is 11.7 Å². The molecule has 2 aromatic rings. The van der Waals surface area contributed by atoms with Crippen LogP contribution in [0.1, 0.15) is 16.7 Å². The molecule has 0 saturated heterocycles. The molecule has 138 valence electrons. The lowest BCUT2D eigenvalue weighted by Crippen LogP contribution is -2.41. The van der Waals surface area contributed by atoms with Crippen molar-refractivity contribution in [3.8, 4) is 6.07 Å². The van der Waals surface area contributed by atoms with Gasteiger partial charge >= 0.3 is 5.97 Å². The number of benzene rings is 2. The number of nitrogens with zero attached hydrogens (tertiary/aromatic N) is 2. The SMILES string of the molecule is N#Cc1ccc(C[C@H](N)C(=O)C(Cc2ccc([N+](=O)[O-])cc2)C(=O)O)cc1. The van der Waals surface area contributed by atoms with Crippen LogP contribution in [-0.4, -0.2) is 27.8 Å². The van der Waals surface area contributed by atoms with E-state index in [1.165, 1.54) is 24.3 Å². The highest BCUT2D eigenvalue weighted by Gasteiger charge is 2.30. The first-order chi connectivity index (χ1) is 12.8. The van der Waals surface area contributed by atoms with Crippen LogP contribution in [0.5, 0.6) is 0 Å². The van der Waals surface area contributed by atoms with Crippen LogP contribution in [-0.2, 0) is 22.4 Å². The molecule has 3 N–H and O–H groups in total. The lowest BCUT2D eigenvalue weighted by molar-refractivity contribution is -0.384. The number of aliphatic carboxylic acids is 1. The van der Waals surface area contributed by atoms with Crippen LogP contribution in [0, 0.1) is 27.4 Å². The topological polar surface area (TPSA) is 147 Å². The second-order valence-electron chi connectivity index (χ2n) is 6.04. The summed E-state index contributed by atoms with van der Waals surface area (Å²) in [6.07, 6.45) is 0.0435. The van der Waals surface area contributed by atoms with Gasteiger partial charge in [-0.2, -0.15) is 5.26 Å². The fourth-order valence-corrected chi connectivity index (χ4v) is 2.63. The lowest BCUT2D eigenvalue weighted by Gasteiger charge is -2.17. The Morgan fingerprint density at radius 2 is 1.59 bits per heavy atom. The lowest BCUT2D eigenvalue weighted by atomic mass is 9.89. The zero-order valence-corrected chi connectivity index (χ0v) is 14.2. The summed E-state index contributed by atoms with van der Waals surface area (Å²) in [7, 11) is 0. The smallest absolute Gasteiger partial charge is 0.314 e. The number of nitro benzene ring substituents is 1. The molecule has 0 heterocycles.